The molecule has 0 aromatic heterocycles. The first-order valence-corrected chi connectivity index (χ1v) is 22.2. The van der Waals surface area contributed by atoms with Crippen LogP contribution in [0.5, 0.6) is 0 Å². The maximum atomic E-state index is 12.9. The van der Waals surface area contributed by atoms with Gasteiger partial charge in [-0.05, 0) is 37.8 Å². The number of allylic oxidation sites excluding steroid dienone is 3. The molecule has 1 aliphatic carbocycles. The number of carbonyl (C=O) groups excluding carboxylic acids is 9. The summed E-state index contributed by atoms with van der Waals surface area (Å²) in [6.45, 7) is 8.61. The standard InChI is InChI=1S/C44H63N11O11/c1-31-10-6-5-7-13-34(33-12-9-8-11-32(31)33)65-42(63)49-30-39(60)53-20-24-55(25-21-53)41(62)47-29-38(59)52-18-22-54(23-19-52)40(61)46-28-37(58)51-16-14-50(15-17-51)36(57)27-45-35(56)26-48-43(64)66-44(2,3)4/h5-12,31,34H,13-30H2,1-4H3,(H,45,56)(H,46,61)(H,47,62)(H,48,64)(H,49,63)/b7-5-,10-6-. The van der Waals surface area contributed by atoms with E-state index in [1.165, 1.54) is 19.6 Å². The number of rotatable bonds is 11. The zero-order valence-corrected chi connectivity index (χ0v) is 38.2. The lowest BCUT2D eigenvalue weighted by Gasteiger charge is -2.36. The SMILES string of the molecule is CC1/C=C\C=C/CC(OC(=O)NCC(=O)N2CCN(C(=O)NCC(=O)N3CCN(C(=O)NCC(=O)N4CCN(C(=O)CNC(=O)CNC(=O)OC(C)(C)C)CC4)CC3)CC2)c2ccccc21. The van der Waals surface area contributed by atoms with Crippen LogP contribution in [0.15, 0.2) is 48.6 Å². The van der Waals surface area contributed by atoms with E-state index in [4.69, 9.17) is 9.47 Å². The molecule has 2 atom stereocenters. The number of fused-ring (bicyclic) bond motifs is 1. The summed E-state index contributed by atoms with van der Waals surface area (Å²) >= 11 is 0. The van der Waals surface area contributed by atoms with Crippen LogP contribution in [-0.4, -0.2) is 200 Å². The number of piperazine rings is 3. The summed E-state index contributed by atoms with van der Waals surface area (Å²) in [5.41, 5.74) is 1.25. The summed E-state index contributed by atoms with van der Waals surface area (Å²) in [5.74, 6) is -1.72. The Hall–Kier alpha value is -6.87. The van der Waals surface area contributed by atoms with Gasteiger partial charge in [-0.25, -0.2) is 19.2 Å². The second-order valence-corrected chi connectivity index (χ2v) is 17.2. The molecule has 22 nitrogen and oxygen atoms in total. The third kappa shape index (κ3) is 15.4. The van der Waals surface area contributed by atoms with E-state index in [2.05, 4.69) is 39.6 Å². The zero-order valence-electron chi connectivity index (χ0n) is 38.2. The molecule has 1 aromatic rings. The van der Waals surface area contributed by atoms with E-state index in [-0.39, 0.29) is 141 Å². The van der Waals surface area contributed by atoms with E-state index >= 15 is 0 Å². The minimum Gasteiger partial charge on any atom is -0.444 e. The highest BCUT2D eigenvalue weighted by Crippen LogP contribution is 2.31. The number of hydrogen-bond acceptors (Lipinski definition) is 11. The lowest BCUT2D eigenvalue weighted by molar-refractivity contribution is -0.139. The fourth-order valence-corrected chi connectivity index (χ4v) is 7.59. The monoisotopic (exact) mass is 921 g/mol. The van der Waals surface area contributed by atoms with Crippen LogP contribution >= 0.6 is 0 Å². The quantitative estimate of drug-likeness (QED) is 0.199. The first-order valence-electron chi connectivity index (χ1n) is 22.2. The Kier molecular flexibility index (Phi) is 18.1. The molecule has 3 heterocycles. The molecule has 3 aliphatic heterocycles. The smallest absolute Gasteiger partial charge is 0.408 e. The van der Waals surface area contributed by atoms with Gasteiger partial charge in [-0.1, -0.05) is 55.5 Å². The summed E-state index contributed by atoms with van der Waals surface area (Å²) in [7, 11) is 0. The number of urea groups is 2. The molecule has 4 aliphatic rings. The molecule has 0 bridgehead atoms. The molecule has 3 fully saturated rings. The number of ether oxygens (including phenoxy) is 2. The van der Waals surface area contributed by atoms with Gasteiger partial charge in [0.25, 0.3) is 0 Å². The molecule has 360 valence electrons. The topological polar surface area (TPSA) is 252 Å². The third-order valence-corrected chi connectivity index (χ3v) is 11.3. The summed E-state index contributed by atoms with van der Waals surface area (Å²) in [6, 6.07) is 6.91. The van der Waals surface area contributed by atoms with Crippen molar-refractivity contribution in [1.29, 1.82) is 0 Å². The summed E-state index contributed by atoms with van der Waals surface area (Å²) in [4.78, 5) is 123. The fraction of sp³-hybridized carbons (Fsp3) is 0.568. The lowest BCUT2D eigenvalue weighted by atomic mass is 9.92. The molecule has 0 saturated carbocycles. The number of carbonyl (C=O) groups is 9. The molecule has 11 amide bonds. The summed E-state index contributed by atoms with van der Waals surface area (Å²) < 4.78 is 10.8. The van der Waals surface area contributed by atoms with Crippen molar-refractivity contribution in [2.24, 2.45) is 0 Å². The van der Waals surface area contributed by atoms with Crippen molar-refractivity contribution >= 4 is 53.8 Å². The van der Waals surface area contributed by atoms with Crippen molar-refractivity contribution in [2.45, 2.75) is 51.7 Å². The molecule has 1 aromatic carbocycles. The van der Waals surface area contributed by atoms with Gasteiger partial charge >= 0.3 is 24.2 Å². The number of alkyl carbamates (subject to hydrolysis) is 2. The van der Waals surface area contributed by atoms with Crippen molar-refractivity contribution in [1.82, 2.24) is 56.0 Å². The molecule has 66 heavy (non-hydrogen) atoms. The van der Waals surface area contributed by atoms with Gasteiger partial charge < -0.3 is 65.5 Å². The van der Waals surface area contributed by atoms with Crippen molar-refractivity contribution < 1.29 is 52.6 Å². The fourth-order valence-electron chi connectivity index (χ4n) is 7.59. The summed E-state index contributed by atoms with van der Waals surface area (Å²) in [5, 5.41) is 12.6. The van der Waals surface area contributed by atoms with Crippen LogP contribution in [0.2, 0.25) is 0 Å². The average Bonchev–Trinajstić information content (AvgIpc) is 3.38. The number of hydrogen-bond donors (Lipinski definition) is 5. The van der Waals surface area contributed by atoms with Gasteiger partial charge in [-0.2, -0.15) is 0 Å². The molecule has 0 spiro atoms. The molecular weight excluding hydrogens is 859 g/mol. The Bertz CT molecular complexity index is 2000. The van der Waals surface area contributed by atoms with Gasteiger partial charge in [-0.15, -0.1) is 0 Å². The maximum Gasteiger partial charge on any atom is 0.408 e. The van der Waals surface area contributed by atoms with Crippen LogP contribution in [-0.2, 0) is 33.4 Å². The van der Waals surface area contributed by atoms with Crippen molar-refractivity contribution in [2.75, 3.05) is 111 Å². The molecule has 5 rings (SSSR count). The predicted molar refractivity (Wildman–Crippen MR) is 238 cm³/mol. The van der Waals surface area contributed by atoms with Crippen LogP contribution in [0.3, 0.4) is 0 Å². The average molecular weight is 922 g/mol. The zero-order chi connectivity index (χ0) is 47.8. The summed E-state index contributed by atoms with van der Waals surface area (Å²) in [6.07, 6.45) is 6.43. The third-order valence-electron chi connectivity index (χ3n) is 11.3. The molecular formula is C44H63N11O11. The molecule has 2 unspecified atom stereocenters. The van der Waals surface area contributed by atoms with E-state index in [1.54, 1.807) is 30.6 Å². The molecule has 22 heteroatoms. The molecule has 5 N–H and O–H groups in total. The van der Waals surface area contributed by atoms with E-state index in [1.807, 2.05) is 42.5 Å². The molecule has 3 saturated heterocycles. The van der Waals surface area contributed by atoms with Gasteiger partial charge in [0.05, 0.1) is 19.6 Å². The van der Waals surface area contributed by atoms with Crippen LogP contribution in [0.4, 0.5) is 19.2 Å². The van der Waals surface area contributed by atoms with Crippen LogP contribution in [0, 0.1) is 0 Å². The van der Waals surface area contributed by atoms with Crippen LogP contribution < -0.4 is 26.6 Å². The Labute approximate surface area is 384 Å². The van der Waals surface area contributed by atoms with Gasteiger partial charge in [0.1, 0.15) is 24.8 Å². The van der Waals surface area contributed by atoms with Gasteiger partial charge in [-0.3, -0.25) is 24.0 Å². The predicted octanol–water partition coefficient (Wildman–Crippen LogP) is 0.0928. The van der Waals surface area contributed by atoms with E-state index in [9.17, 15) is 43.2 Å². The minimum absolute atomic E-state index is 0.129. The minimum atomic E-state index is -0.751. The highest BCUT2D eigenvalue weighted by Gasteiger charge is 2.30. The van der Waals surface area contributed by atoms with Gasteiger partial charge in [0, 0.05) is 85.0 Å². The second kappa shape index (κ2) is 23.9. The van der Waals surface area contributed by atoms with Crippen molar-refractivity contribution in [3.8, 4) is 0 Å². The Morgan fingerprint density at radius 1 is 0.530 bits per heavy atom. The largest absolute Gasteiger partial charge is 0.444 e. The van der Waals surface area contributed by atoms with E-state index < -0.39 is 41.9 Å². The van der Waals surface area contributed by atoms with E-state index in [0.29, 0.717) is 6.42 Å². The number of amides is 11. The van der Waals surface area contributed by atoms with Gasteiger partial charge in [0.2, 0.25) is 29.5 Å². The number of nitrogens with one attached hydrogen (secondary N) is 5. The highest BCUT2D eigenvalue weighted by atomic mass is 16.6. The first-order chi connectivity index (χ1) is 31.5. The lowest BCUT2D eigenvalue weighted by Crippen LogP contribution is -2.57. The highest BCUT2D eigenvalue weighted by molar-refractivity contribution is 5.88. The van der Waals surface area contributed by atoms with Crippen molar-refractivity contribution in [3.05, 3.63) is 59.7 Å². The maximum absolute atomic E-state index is 12.9. The van der Waals surface area contributed by atoms with Crippen LogP contribution in [0.1, 0.15) is 57.3 Å². The first kappa shape index (κ1) is 50.1. The van der Waals surface area contributed by atoms with Gasteiger partial charge in [0.15, 0.2) is 0 Å². The normalized spacial score (nSPS) is 19.6. The second-order valence-electron chi connectivity index (χ2n) is 17.2. The Morgan fingerprint density at radius 3 is 1.41 bits per heavy atom. The number of benzene rings is 1. The van der Waals surface area contributed by atoms with E-state index in [0.717, 1.165) is 11.1 Å². The van der Waals surface area contributed by atoms with Crippen LogP contribution in [0.25, 0.3) is 0 Å². The number of nitrogens with zero attached hydrogens (tertiary/aromatic N) is 6. The Balaban J connectivity index is 0.907. The molecule has 0 radical (unpaired) electrons. The van der Waals surface area contributed by atoms with Crippen molar-refractivity contribution in [3.63, 3.8) is 0 Å². The Morgan fingerprint density at radius 2 is 0.939 bits per heavy atom.